The first kappa shape index (κ1) is 41.3. The van der Waals surface area contributed by atoms with Crippen molar-refractivity contribution in [1.82, 2.24) is 19.6 Å². The van der Waals surface area contributed by atoms with Crippen LogP contribution in [0.2, 0.25) is 20.1 Å². The highest BCUT2D eigenvalue weighted by molar-refractivity contribution is 7.88. The number of fused-ring (bicyclic) bond motifs is 6. The lowest BCUT2D eigenvalue weighted by Gasteiger charge is -2.08. The number of hydrogen-bond donors (Lipinski definition) is 2. The van der Waals surface area contributed by atoms with Gasteiger partial charge >= 0.3 is 20.2 Å². The Labute approximate surface area is 359 Å². The normalized spacial score (nSPS) is 13.9. The van der Waals surface area contributed by atoms with E-state index in [4.69, 9.17) is 46.4 Å². The van der Waals surface area contributed by atoms with Gasteiger partial charge in [0.05, 0.1) is 42.6 Å². The van der Waals surface area contributed by atoms with Gasteiger partial charge in [-0.25, -0.2) is 18.1 Å². The van der Waals surface area contributed by atoms with Gasteiger partial charge in [0.15, 0.2) is 0 Å². The van der Waals surface area contributed by atoms with E-state index in [0.717, 1.165) is 35.5 Å². The molecule has 2 N–H and O–H groups in total. The first-order valence-electron chi connectivity index (χ1n) is 17.6. The lowest BCUT2D eigenvalue weighted by atomic mass is 10.1. The predicted octanol–water partition coefficient (Wildman–Crippen LogP) is 12.1. The summed E-state index contributed by atoms with van der Waals surface area (Å²) in [6, 6.07) is 12.3. The smallest absolute Gasteiger partial charge is 0.281 e. The van der Waals surface area contributed by atoms with Crippen molar-refractivity contribution < 1.29 is 34.7 Å². The van der Waals surface area contributed by atoms with Crippen LogP contribution >= 0.6 is 69.1 Å². The van der Waals surface area contributed by atoms with Gasteiger partial charge in [0, 0.05) is 34.0 Å². The maximum atomic E-state index is 15.8. The van der Waals surface area contributed by atoms with Crippen LogP contribution in [0, 0.1) is 0 Å². The van der Waals surface area contributed by atoms with E-state index in [1.807, 2.05) is 0 Å². The Morgan fingerprint density at radius 2 is 1.05 bits per heavy atom. The molecule has 0 saturated heterocycles. The number of nitrogens with zero attached hydrogens (tertiary/aromatic N) is 4. The molecule has 4 heterocycles. The molecule has 58 heavy (non-hydrogen) atoms. The van der Waals surface area contributed by atoms with Gasteiger partial charge in [-0.05, 0) is 97.5 Å². The number of hydrogen-bond acceptors (Lipinski definition) is 8. The van der Waals surface area contributed by atoms with Crippen molar-refractivity contribution in [3.63, 3.8) is 0 Å². The van der Waals surface area contributed by atoms with Crippen molar-refractivity contribution in [2.45, 2.75) is 59.8 Å². The molecule has 10 nitrogen and oxygen atoms in total. The Hall–Kier alpha value is -3.42. The maximum Gasteiger partial charge on any atom is 0.304 e. The molecule has 8 rings (SSSR count). The fourth-order valence-corrected chi connectivity index (χ4v) is 12.0. The van der Waals surface area contributed by atoms with E-state index in [0.29, 0.717) is 90.5 Å². The third-order valence-electron chi connectivity index (χ3n) is 9.75. The molecule has 20 heteroatoms. The average molecular weight is 945 g/mol. The van der Waals surface area contributed by atoms with E-state index >= 15 is 8.78 Å². The van der Waals surface area contributed by atoms with Crippen molar-refractivity contribution >= 4 is 101 Å². The van der Waals surface area contributed by atoms with Gasteiger partial charge in [0.2, 0.25) is 0 Å². The molecule has 302 valence electrons. The van der Waals surface area contributed by atoms with Gasteiger partial charge in [-0.15, -0.1) is 22.7 Å². The number of halogens is 6. The van der Waals surface area contributed by atoms with E-state index in [9.17, 15) is 25.9 Å². The van der Waals surface area contributed by atoms with E-state index < -0.39 is 31.9 Å². The number of aromatic nitrogens is 4. The predicted molar refractivity (Wildman–Crippen MR) is 225 cm³/mol. The second kappa shape index (κ2) is 15.9. The standard InChI is InChI=1S/C38H28Cl4F2N4O6S4/c39-21-9-11-29(25(41)17-21)47-35-23(13-19-15-31(55-37(19)35)57(49,50)51)33(45-47)27(43)7-5-3-1-2-4-6-8-28(44)34-24-14-20-16-32(58(52,53)54)56-38(20)36(24)48(46-34)30-12-10-22(40)18-26(30)42/h7-12,15-18H,1-6,13-14H2,(H,49,50,51)(H,52,53,54)/b27-7-,28-8-. The van der Waals surface area contributed by atoms with Crippen molar-refractivity contribution in [1.29, 1.82) is 0 Å². The van der Waals surface area contributed by atoms with Crippen LogP contribution in [0.3, 0.4) is 0 Å². The van der Waals surface area contributed by atoms with Crippen LogP contribution in [0.5, 0.6) is 0 Å². The largest absolute Gasteiger partial charge is 0.304 e. The summed E-state index contributed by atoms with van der Waals surface area (Å²) in [4.78, 5) is 1.08. The molecule has 2 aliphatic carbocycles. The third-order valence-corrected chi connectivity index (χ3v) is 15.8. The molecular weight excluding hydrogens is 917 g/mol. The number of benzene rings is 2. The fraction of sp³-hybridized carbons (Fsp3) is 0.211. The number of unbranched alkanes of at least 4 members (excludes halogenated alkanes) is 5. The number of rotatable bonds is 13. The van der Waals surface area contributed by atoms with Crippen LogP contribution in [0.1, 0.15) is 72.2 Å². The first-order valence-corrected chi connectivity index (χ1v) is 23.6. The van der Waals surface area contributed by atoms with Crippen molar-refractivity contribution in [2.24, 2.45) is 0 Å². The minimum Gasteiger partial charge on any atom is -0.281 e. The van der Waals surface area contributed by atoms with Crippen LogP contribution in [0.15, 0.2) is 69.1 Å². The van der Waals surface area contributed by atoms with E-state index in [2.05, 4.69) is 10.2 Å². The average Bonchev–Trinajstić information content (AvgIpc) is 3.97. The summed E-state index contributed by atoms with van der Waals surface area (Å²) in [5.41, 5.74) is 4.45. The maximum absolute atomic E-state index is 15.8. The van der Waals surface area contributed by atoms with E-state index in [1.165, 1.54) is 45.8 Å². The summed E-state index contributed by atoms with van der Waals surface area (Å²) >= 11 is 27.0. The fourth-order valence-electron chi connectivity index (χ4n) is 7.14. The molecule has 0 aliphatic heterocycles. The zero-order chi connectivity index (χ0) is 41.3. The number of allylic oxidation sites excluding steroid dienone is 2. The van der Waals surface area contributed by atoms with Gasteiger partial charge in [0.1, 0.15) is 31.5 Å². The lowest BCUT2D eigenvalue weighted by molar-refractivity contribution is 0.483. The molecule has 0 spiro atoms. The van der Waals surface area contributed by atoms with Crippen molar-refractivity contribution in [3.8, 4) is 32.5 Å². The Balaban J connectivity index is 0.936. The molecule has 0 amide bonds. The quantitative estimate of drug-likeness (QED) is 0.0859. The highest BCUT2D eigenvalue weighted by atomic mass is 35.5. The van der Waals surface area contributed by atoms with Crippen LogP contribution < -0.4 is 0 Å². The zero-order valence-electron chi connectivity index (χ0n) is 29.6. The van der Waals surface area contributed by atoms with Crippen LogP contribution in [-0.2, 0) is 33.1 Å². The molecule has 2 aliphatic rings. The zero-order valence-corrected chi connectivity index (χ0v) is 35.9. The van der Waals surface area contributed by atoms with Crippen LogP contribution in [0.4, 0.5) is 8.78 Å². The topological polar surface area (TPSA) is 144 Å². The van der Waals surface area contributed by atoms with Gasteiger partial charge in [-0.2, -0.15) is 27.0 Å². The summed E-state index contributed by atoms with van der Waals surface area (Å²) < 4.78 is 101. The second-order valence-electron chi connectivity index (χ2n) is 13.6. The molecule has 0 fully saturated rings. The molecule has 0 radical (unpaired) electrons. The minimum absolute atomic E-state index is 0.111. The molecular formula is C38H28Cl4F2N4O6S4. The molecule has 2 aromatic carbocycles. The summed E-state index contributed by atoms with van der Waals surface area (Å²) in [6.07, 6.45) is 6.99. The molecule has 0 unspecified atom stereocenters. The van der Waals surface area contributed by atoms with Crippen LogP contribution in [-0.4, -0.2) is 45.5 Å². The van der Waals surface area contributed by atoms with Gasteiger partial charge in [-0.1, -0.05) is 59.2 Å². The Kier molecular flexibility index (Phi) is 11.3. The monoisotopic (exact) mass is 942 g/mol. The number of thiophene rings is 2. The van der Waals surface area contributed by atoms with Crippen LogP contribution in [0.25, 0.3) is 44.2 Å². The van der Waals surface area contributed by atoms with Gasteiger partial charge in [-0.3, -0.25) is 9.11 Å². The Bertz CT molecular complexity index is 2760. The van der Waals surface area contributed by atoms with Gasteiger partial charge in [0.25, 0.3) is 0 Å². The Morgan fingerprint density at radius 1 is 0.655 bits per heavy atom. The second-order valence-corrected chi connectivity index (χ2v) is 20.7. The molecule has 0 atom stereocenters. The van der Waals surface area contributed by atoms with E-state index in [1.54, 1.807) is 24.3 Å². The summed E-state index contributed by atoms with van der Waals surface area (Å²) in [7, 11) is -8.89. The molecule has 0 bridgehead atoms. The van der Waals surface area contributed by atoms with Crippen molar-refractivity contribution in [2.75, 3.05) is 0 Å². The van der Waals surface area contributed by atoms with Gasteiger partial charge < -0.3 is 0 Å². The molecule has 6 aromatic rings. The highest BCUT2D eigenvalue weighted by Crippen LogP contribution is 2.49. The summed E-state index contributed by atoms with van der Waals surface area (Å²) in [6.45, 7) is 0. The first-order chi connectivity index (χ1) is 27.5. The highest BCUT2D eigenvalue weighted by Gasteiger charge is 2.35. The summed E-state index contributed by atoms with van der Waals surface area (Å²) in [5.74, 6) is -1.07. The molecule has 0 saturated carbocycles. The lowest BCUT2D eigenvalue weighted by Crippen LogP contribution is -2.00. The SMILES string of the molecule is O=S(=O)(O)c1cc2c(s1)-c1c(c(/C(F)=C/CCCCCC/C=C(\F)c3nn(-c4ccc(Cl)cc4Cl)c4c3Cc3cc(S(=O)(=O)O)sc3-4)nn1-c1ccc(Cl)cc1Cl)C2. The van der Waals surface area contributed by atoms with Crippen molar-refractivity contribution in [3.05, 3.63) is 114 Å². The minimum atomic E-state index is -4.45. The summed E-state index contributed by atoms with van der Waals surface area (Å²) in [5, 5.41) is 10.4. The van der Waals surface area contributed by atoms with E-state index in [-0.39, 0.29) is 42.7 Å². The third kappa shape index (κ3) is 7.84. The Morgan fingerprint density at radius 3 is 1.41 bits per heavy atom. The molecule has 4 aromatic heterocycles.